The molecule has 0 bridgehead atoms. The zero-order valence-corrected chi connectivity index (χ0v) is 12.4. The summed E-state index contributed by atoms with van der Waals surface area (Å²) in [7, 11) is 1.56. The van der Waals surface area contributed by atoms with Gasteiger partial charge in [0, 0.05) is 6.07 Å². The van der Waals surface area contributed by atoms with Gasteiger partial charge in [0.05, 0.1) is 12.0 Å². The molecule has 2 aromatic carbocycles. The maximum Gasteiger partial charge on any atom is 0.344 e. The first kappa shape index (κ1) is 16.3. The van der Waals surface area contributed by atoms with Crippen molar-refractivity contribution in [1.82, 2.24) is 0 Å². The lowest BCUT2D eigenvalue weighted by molar-refractivity contribution is -0.385. The highest BCUT2D eigenvalue weighted by Crippen LogP contribution is 2.25. The van der Waals surface area contributed by atoms with Gasteiger partial charge in [0.15, 0.2) is 12.4 Å². The smallest absolute Gasteiger partial charge is 0.344 e. The largest absolute Gasteiger partial charge is 0.497 e. The minimum atomic E-state index is -0.612. The highest BCUT2D eigenvalue weighted by molar-refractivity contribution is 5.71. The number of methoxy groups -OCH3 is 1. The van der Waals surface area contributed by atoms with Crippen LogP contribution >= 0.6 is 0 Å². The van der Waals surface area contributed by atoms with Crippen molar-refractivity contribution < 1.29 is 23.9 Å². The number of carbonyl (C=O) groups is 1. The molecular weight excluding hydrogens is 302 g/mol. The van der Waals surface area contributed by atoms with Gasteiger partial charge < -0.3 is 14.2 Å². The third-order valence-corrected chi connectivity index (χ3v) is 2.97. The summed E-state index contributed by atoms with van der Waals surface area (Å²) in [5.74, 6) is 0.123. The number of rotatable bonds is 7. The third kappa shape index (κ3) is 4.70. The van der Waals surface area contributed by atoms with E-state index in [0.717, 1.165) is 5.56 Å². The first-order valence-corrected chi connectivity index (χ1v) is 6.75. The Hall–Kier alpha value is -3.09. The number of hydrogen-bond acceptors (Lipinski definition) is 6. The molecule has 0 amide bonds. The van der Waals surface area contributed by atoms with E-state index in [0.29, 0.717) is 5.75 Å². The Kier molecular flexibility index (Phi) is 5.51. The van der Waals surface area contributed by atoms with E-state index in [4.69, 9.17) is 14.2 Å². The lowest BCUT2D eigenvalue weighted by Gasteiger charge is -2.08. The molecule has 7 heteroatoms. The molecule has 23 heavy (non-hydrogen) atoms. The lowest BCUT2D eigenvalue weighted by atomic mass is 10.2. The van der Waals surface area contributed by atoms with E-state index in [1.807, 2.05) is 0 Å². The van der Waals surface area contributed by atoms with E-state index in [1.54, 1.807) is 37.4 Å². The Morgan fingerprint density at radius 1 is 1.13 bits per heavy atom. The van der Waals surface area contributed by atoms with Gasteiger partial charge in [0.2, 0.25) is 0 Å². The third-order valence-electron chi connectivity index (χ3n) is 2.97. The van der Waals surface area contributed by atoms with E-state index < -0.39 is 17.5 Å². The molecule has 0 aliphatic heterocycles. The molecule has 2 aromatic rings. The van der Waals surface area contributed by atoms with Crippen LogP contribution in [0.4, 0.5) is 5.69 Å². The van der Waals surface area contributed by atoms with Crippen molar-refractivity contribution in [3.8, 4) is 11.5 Å². The van der Waals surface area contributed by atoms with Gasteiger partial charge >= 0.3 is 11.7 Å². The van der Waals surface area contributed by atoms with Crippen molar-refractivity contribution >= 4 is 11.7 Å². The first-order chi connectivity index (χ1) is 11.1. The van der Waals surface area contributed by atoms with Crippen LogP contribution in [0, 0.1) is 10.1 Å². The van der Waals surface area contributed by atoms with Crippen molar-refractivity contribution in [3.63, 3.8) is 0 Å². The fourth-order valence-corrected chi connectivity index (χ4v) is 1.79. The molecule has 0 saturated heterocycles. The zero-order chi connectivity index (χ0) is 16.7. The summed E-state index contributed by atoms with van der Waals surface area (Å²) in [5, 5.41) is 10.8. The number of benzene rings is 2. The van der Waals surface area contributed by atoms with E-state index in [1.165, 1.54) is 18.2 Å². The Morgan fingerprint density at radius 2 is 1.83 bits per heavy atom. The average molecular weight is 317 g/mol. The topological polar surface area (TPSA) is 87.9 Å². The van der Waals surface area contributed by atoms with Crippen molar-refractivity contribution in [1.29, 1.82) is 0 Å². The number of nitro benzene ring substituents is 1. The minimum Gasteiger partial charge on any atom is -0.497 e. The molecule has 7 nitrogen and oxygen atoms in total. The molecule has 120 valence electrons. The van der Waals surface area contributed by atoms with Gasteiger partial charge in [0.1, 0.15) is 12.4 Å². The average Bonchev–Trinajstić information content (AvgIpc) is 2.58. The Morgan fingerprint density at radius 3 is 2.48 bits per heavy atom. The van der Waals surface area contributed by atoms with Crippen molar-refractivity contribution in [2.45, 2.75) is 6.61 Å². The van der Waals surface area contributed by atoms with Crippen molar-refractivity contribution in [2.75, 3.05) is 13.7 Å². The monoisotopic (exact) mass is 317 g/mol. The maximum absolute atomic E-state index is 11.7. The highest BCUT2D eigenvalue weighted by atomic mass is 16.6. The van der Waals surface area contributed by atoms with Crippen LogP contribution in [0.2, 0.25) is 0 Å². The Labute approximate surface area is 132 Å². The molecule has 0 fully saturated rings. The van der Waals surface area contributed by atoms with Crippen LogP contribution in [-0.4, -0.2) is 24.6 Å². The van der Waals surface area contributed by atoms with Gasteiger partial charge in [-0.1, -0.05) is 24.3 Å². The minimum absolute atomic E-state index is 0.0268. The van der Waals surface area contributed by atoms with Crippen LogP contribution in [0.1, 0.15) is 5.56 Å². The Balaban J connectivity index is 1.84. The van der Waals surface area contributed by atoms with Gasteiger partial charge in [-0.2, -0.15) is 0 Å². The molecule has 0 saturated carbocycles. The standard InChI is InChI=1S/C16H15NO6/c1-21-13-8-6-12(7-9-13)10-23-16(18)11-22-15-5-3-2-4-14(15)17(19)20/h2-9H,10-11H2,1H3. The molecule has 0 aromatic heterocycles. The van der Waals surface area contributed by atoms with Crippen molar-refractivity contribution in [2.24, 2.45) is 0 Å². The molecule has 2 rings (SSSR count). The van der Waals surface area contributed by atoms with Gasteiger partial charge in [-0.15, -0.1) is 0 Å². The molecule has 0 aliphatic carbocycles. The summed E-state index contributed by atoms with van der Waals surface area (Å²) in [6.45, 7) is -0.315. The number of nitro groups is 1. The van der Waals surface area contributed by atoms with Gasteiger partial charge in [-0.05, 0) is 23.8 Å². The first-order valence-electron chi connectivity index (χ1n) is 6.75. The summed E-state index contributed by atoms with van der Waals surface area (Å²) in [5.41, 5.74) is 0.597. The molecule has 0 unspecified atom stereocenters. The van der Waals surface area contributed by atoms with Crippen LogP contribution in [0.25, 0.3) is 0 Å². The molecule has 0 aliphatic rings. The van der Waals surface area contributed by atoms with Gasteiger partial charge in [-0.3, -0.25) is 10.1 Å². The highest BCUT2D eigenvalue weighted by Gasteiger charge is 2.15. The van der Waals surface area contributed by atoms with Crippen LogP contribution in [0.15, 0.2) is 48.5 Å². The Bertz CT molecular complexity index is 683. The van der Waals surface area contributed by atoms with E-state index in [-0.39, 0.29) is 18.0 Å². The molecule has 0 heterocycles. The number of para-hydroxylation sites is 2. The van der Waals surface area contributed by atoms with Crippen LogP contribution in [0.3, 0.4) is 0 Å². The van der Waals surface area contributed by atoms with Crippen molar-refractivity contribution in [3.05, 3.63) is 64.2 Å². The predicted molar refractivity (Wildman–Crippen MR) is 81.4 cm³/mol. The molecule has 0 spiro atoms. The van der Waals surface area contributed by atoms with Gasteiger partial charge in [-0.25, -0.2) is 4.79 Å². The number of nitrogens with zero attached hydrogens (tertiary/aromatic N) is 1. The number of ether oxygens (including phenoxy) is 3. The second-order valence-electron chi connectivity index (χ2n) is 4.52. The summed E-state index contributed by atoms with van der Waals surface area (Å²) in [4.78, 5) is 21.9. The van der Waals surface area contributed by atoms with E-state index in [2.05, 4.69) is 0 Å². The van der Waals surface area contributed by atoms with Crippen LogP contribution < -0.4 is 9.47 Å². The maximum atomic E-state index is 11.7. The summed E-state index contributed by atoms with van der Waals surface area (Å²) in [6.07, 6.45) is 0. The predicted octanol–water partition coefficient (Wildman–Crippen LogP) is 2.73. The molecular formula is C16H15NO6. The number of esters is 1. The second kappa shape index (κ2) is 7.79. The molecule has 0 radical (unpaired) electrons. The molecule has 0 atom stereocenters. The SMILES string of the molecule is COc1ccc(COC(=O)COc2ccccc2[N+](=O)[O-])cc1. The normalized spacial score (nSPS) is 9.96. The molecule has 0 N–H and O–H groups in total. The summed E-state index contributed by atoms with van der Waals surface area (Å²) < 4.78 is 15.2. The number of carbonyl (C=O) groups excluding carboxylic acids is 1. The van der Waals surface area contributed by atoms with E-state index in [9.17, 15) is 14.9 Å². The van der Waals surface area contributed by atoms with Crippen LogP contribution in [-0.2, 0) is 16.1 Å². The van der Waals surface area contributed by atoms with Gasteiger partial charge in [0.25, 0.3) is 0 Å². The van der Waals surface area contributed by atoms with Crippen LogP contribution in [0.5, 0.6) is 11.5 Å². The number of hydrogen-bond donors (Lipinski definition) is 0. The van der Waals surface area contributed by atoms with E-state index >= 15 is 0 Å². The lowest BCUT2D eigenvalue weighted by Crippen LogP contribution is -2.15. The zero-order valence-electron chi connectivity index (χ0n) is 12.4. The summed E-state index contributed by atoms with van der Waals surface area (Å²) >= 11 is 0. The quantitative estimate of drug-likeness (QED) is 0.443. The summed E-state index contributed by atoms with van der Waals surface area (Å²) in [6, 6.07) is 12.9. The fraction of sp³-hybridized carbons (Fsp3) is 0.188. The fourth-order valence-electron chi connectivity index (χ4n) is 1.79. The second-order valence-corrected chi connectivity index (χ2v) is 4.52.